The molecular weight excluding hydrogens is 280 g/mol. The van der Waals surface area contributed by atoms with Gasteiger partial charge in [0.2, 0.25) is 0 Å². The van der Waals surface area contributed by atoms with Gasteiger partial charge in [-0.2, -0.15) is 0 Å². The van der Waals surface area contributed by atoms with E-state index in [9.17, 15) is 4.79 Å². The minimum absolute atomic E-state index is 0.364. The highest BCUT2D eigenvalue weighted by molar-refractivity contribution is 5.80. The first-order valence-corrected chi connectivity index (χ1v) is 10.8. The van der Waals surface area contributed by atoms with Crippen LogP contribution in [0.5, 0.6) is 0 Å². The van der Waals surface area contributed by atoms with Crippen LogP contribution in [0.3, 0.4) is 0 Å². The minimum atomic E-state index is 0.364. The van der Waals surface area contributed by atoms with Crippen molar-refractivity contribution in [1.29, 1.82) is 0 Å². The quantitative estimate of drug-likeness (QED) is 0.234. The molecule has 0 aromatic rings. The van der Waals surface area contributed by atoms with Gasteiger partial charge in [-0.25, -0.2) is 0 Å². The molecule has 0 aromatic carbocycles. The van der Waals surface area contributed by atoms with E-state index in [-0.39, 0.29) is 0 Å². The second-order valence-electron chi connectivity index (χ2n) is 7.38. The molecule has 0 bridgehead atoms. The monoisotopic (exact) mass is 324 g/mol. The predicted molar refractivity (Wildman–Crippen MR) is 104 cm³/mol. The molecule has 138 valence electrons. The van der Waals surface area contributed by atoms with Gasteiger partial charge in [0.1, 0.15) is 5.78 Å². The number of unbranched alkanes of at least 4 members (excludes halogenated alkanes) is 11. The van der Waals surface area contributed by atoms with Gasteiger partial charge in [0.15, 0.2) is 0 Å². The number of Topliss-reactive ketones (excluding diaryl/α,β-unsaturated/α-hetero) is 1. The molecule has 0 saturated heterocycles. The molecule has 1 heteroatoms. The Morgan fingerprint density at radius 1 is 0.565 bits per heavy atom. The van der Waals surface area contributed by atoms with E-state index in [1.165, 1.54) is 77.0 Å². The molecule has 1 atom stereocenters. The van der Waals surface area contributed by atoms with Crippen molar-refractivity contribution >= 4 is 5.78 Å². The van der Waals surface area contributed by atoms with Crippen molar-refractivity contribution in [2.45, 2.75) is 130 Å². The van der Waals surface area contributed by atoms with Gasteiger partial charge in [-0.3, -0.25) is 4.79 Å². The Morgan fingerprint density at radius 3 is 1.48 bits per heavy atom. The van der Waals surface area contributed by atoms with Crippen LogP contribution in [0, 0.1) is 5.92 Å². The normalized spacial score (nSPS) is 12.5. The highest BCUT2D eigenvalue weighted by Gasteiger charge is 2.15. The summed E-state index contributed by atoms with van der Waals surface area (Å²) in [5.41, 5.74) is 0. The summed E-state index contributed by atoms with van der Waals surface area (Å²) >= 11 is 0. The van der Waals surface area contributed by atoms with E-state index >= 15 is 0 Å². The first-order valence-electron chi connectivity index (χ1n) is 10.8. The van der Waals surface area contributed by atoms with Crippen LogP contribution >= 0.6 is 0 Å². The Bertz CT molecular complexity index is 246. The summed E-state index contributed by atoms with van der Waals surface area (Å²) in [5, 5.41) is 0. The molecule has 0 aliphatic rings. The number of ketones is 1. The summed E-state index contributed by atoms with van der Waals surface area (Å²) in [6.07, 6.45) is 21.9. The molecule has 0 rings (SSSR count). The molecule has 0 aliphatic heterocycles. The lowest BCUT2D eigenvalue weighted by Crippen LogP contribution is -2.14. The van der Waals surface area contributed by atoms with Crippen LogP contribution in [0.25, 0.3) is 0 Å². The summed E-state index contributed by atoms with van der Waals surface area (Å²) in [5.74, 6) is 0.889. The topological polar surface area (TPSA) is 17.1 Å². The number of hydrogen-bond acceptors (Lipinski definition) is 1. The highest BCUT2D eigenvalue weighted by Crippen LogP contribution is 2.20. The zero-order chi connectivity index (χ0) is 17.2. The van der Waals surface area contributed by atoms with Crippen LogP contribution in [-0.4, -0.2) is 5.78 Å². The van der Waals surface area contributed by atoms with Gasteiger partial charge in [-0.1, -0.05) is 104 Å². The third kappa shape index (κ3) is 15.0. The summed E-state index contributed by atoms with van der Waals surface area (Å²) in [7, 11) is 0. The molecule has 0 fully saturated rings. The van der Waals surface area contributed by atoms with Gasteiger partial charge < -0.3 is 0 Å². The standard InChI is InChI=1S/C22H44O/c1-4-7-8-9-10-11-12-13-14-15-16-17-20-21(18-5-2)22(23)19-6-3/h21H,4-20H2,1-3H3. The van der Waals surface area contributed by atoms with E-state index in [4.69, 9.17) is 0 Å². The van der Waals surface area contributed by atoms with Crippen molar-refractivity contribution in [2.75, 3.05) is 0 Å². The number of carbonyl (C=O) groups is 1. The molecule has 0 saturated carbocycles. The Hall–Kier alpha value is -0.330. The third-order valence-corrected chi connectivity index (χ3v) is 5.00. The molecule has 0 aromatic heterocycles. The summed E-state index contributed by atoms with van der Waals surface area (Å²) in [6.45, 7) is 6.60. The van der Waals surface area contributed by atoms with Crippen molar-refractivity contribution < 1.29 is 4.79 Å². The van der Waals surface area contributed by atoms with E-state index in [1.54, 1.807) is 0 Å². The average molecular weight is 325 g/mol. The van der Waals surface area contributed by atoms with E-state index in [0.717, 1.165) is 32.1 Å². The molecule has 0 N–H and O–H groups in total. The van der Waals surface area contributed by atoms with Crippen LogP contribution < -0.4 is 0 Å². The summed E-state index contributed by atoms with van der Waals surface area (Å²) in [4.78, 5) is 12.1. The molecule has 0 radical (unpaired) electrons. The fourth-order valence-corrected chi connectivity index (χ4v) is 3.50. The molecule has 0 spiro atoms. The Kier molecular flexibility index (Phi) is 17.8. The summed E-state index contributed by atoms with van der Waals surface area (Å²) in [6, 6.07) is 0. The zero-order valence-electron chi connectivity index (χ0n) is 16.5. The molecule has 23 heavy (non-hydrogen) atoms. The van der Waals surface area contributed by atoms with Crippen molar-refractivity contribution in [2.24, 2.45) is 5.92 Å². The van der Waals surface area contributed by atoms with Crippen molar-refractivity contribution in [1.82, 2.24) is 0 Å². The maximum atomic E-state index is 12.1. The first-order chi connectivity index (χ1) is 11.3. The van der Waals surface area contributed by atoms with E-state index in [2.05, 4.69) is 20.8 Å². The number of rotatable bonds is 18. The SMILES string of the molecule is CCCCCCCCCCCCCCC(CCC)C(=O)CCC. The molecule has 1 unspecified atom stereocenters. The second kappa shape index (κ2) is 18.0. The van der Waals surface area contributed by atoms with Crippen LogP contribution in [0.2, 0.25) is 0 Å². The number of carbonyl (C=O) groups excluding carboxylic acids is 1. The molecule has 0 amide bonds. The minimum Gasteiger partial charge on any atom is -0.299 e. The van der Waals surface area contributed by atoms with Crippen molar-refractivity contribution in [3.8, 4) is 0 Å². The Balaban J connectivity index is 3.40. The predicted octanol–water partition coefficient (Wildman–Crippen LogP) is 7.86. The Morgan fingerprint density at radius 2 is 1.04 bits per heavy atom. The Labute approximate surface area is 147 Å². The third-order valence-electron chi connectivity index (χ3n) is 5.00. The zero-order valence-corrected chi connectivity index (χ0v) is 16.5. The molecular formula is C22H44O. The van der Waals surface area contributed by atoms with Crippen LogP contribution in [-0.2, 0) is 4.79 Å². The van der Waals surface area contributed by atoms with Crippen molar-refractivity contribution in [3.05, 3.63) is 0 Å². The first kappa shape index (κ1) is 22.7. The largest absolute Gasteiger partial charge is 0.299 e. The van der Waals surface area contributed by atoms with Gasteiger partial charge in [0.05, 0.1) is 0 Å². The fraction of sp³-hybridized carbons (Fsp3) is 0.955. The molecule has 0 heterocycles. The van der Waals surface area contributed by atoms with E-state index in [0.29, 0.717) is 11.7 Å². The van der Waals surface area contributed by atoms with Crippen LogP contribution in [0.4, 0.5) is 0 Å². The van der Waals surface area contributed by atoms with Crippen LogP contribution in [0.1, 0.15) is 130 Å². The fourth-order valence-electron chi connectivity index (χ4n) is 3.50. The van der Waals surface area contributed by atoms with Gasteiger partial charge in [-0.05, 0) is 19.3 Å². The highest BCUT2D eigenvalue weighted by atomic mass is 16.1. The lowest BCUT2D eigenvalue weighted by Gasteiger charge is -2.14. The molecule has 0 aliphatic carbocycles. The average Bonchev–Trinajstić information content (AvgIpc) is 2.55. The smallest absolute Gasteiger partial charge is 0.135 e. The number of hydrogen-bond donors (Lipinski definition) is 0. The van der Waals surface area contributed by atoms with E-state index in [1.807, 2.05) is 0 Å². The molecule has 1 nitrogen and oxygen atoms in total. The van der Waals surface area contributed by atoms with Gasteiger partial charge in [0.25, 0.3) is 0 Å². The van der Waals surface area contributed by atoms with Gasteiger partial charge in [0, 0.05) is 12.3 Å². The lowest BCUT2D eigenvalue weighted by atomic mass is 9.90. The maximum Gasteiger partial charge on any atom is 0.135 e. The summed E-state index contributed by atoms with van der Waals surface area (Å²) < 4.78 is 0. The second-order valence-corrected chi connectivity index (χ2v) is 7.38. The van der Waals surface area contributed by atoms with Gasteiger partial charge >= 0.3 is 0 Å². The van der Waals surface area contributed by atoms with Crippen LogP contribution in [0.15, 0.2) is 0 Å². The van der Waals surface area contributed by atoms with Crippen molar-refractivity contribution in [3.63, 3.8) is 0 Å². The lowest BCUT2D eigenvalue weighted by molar-refractivity contribution is -0.123. The van der Waals surface area contributed by atoms with E-state index < -0.39 is 0 Å². The van der Waals surface area contributed by atoms with Gasteiger partial charge in [-0.15, -0.1) is 0 Å². The maximum absolute atomic E-state index is 12.1.